The SMILES string of the molecule is Oc1cccc(Nc2nc(Nc3cccc(O)c3)c3sccc3n2)c1. The Labute approximate surface area is 147 Å². The van der Waals surface area contributed by atoms with Crippen LogP contribution in [-0.2, 0) is 0 Å². The lowest BCUT2D eigenvalue weighted by molar-refractivity contribution is 0.475. The molecule has 0 saturated heterocycles. The van der Waals surface area contributed by atoms with Crippen molar-refractivity contribution in [2.24, 2.45) is 0 Å². The Balaban J connectivity index is 1.72. The molecule has 0 aliphatic carbocycles. The van der Waals surface area contributed by atoms with E-state index in [2.05, 4.69) is 20.6 Å². The van der Waals surface area contributed by atoms with Gasteiger partial charge in [-0.2, -0.15) is 4.98 Å². The van der Waals surface area contributed by atoms with Crippen molar-refractivity contribution in [2.75, 3.05) is 10.6 Å². The van der Waals surface area contributed by atoms with E-state index in [0.717, 1.165) is 15.9 Å². The molecule has 0 fully saturated rings. The third kappa shape index (κ3) is 3.31. The monoisotopic (exact) mass is 350 g/mol. The Bertz CT molecular complexity index is 1050. The number of anilines is 4. The van der Waals surface area contributed by atoms with Gasteiger partial charge in [-0.05, 0) is 35.7 Å². The first-order valence-electron chi connectivity index (χ1n) is 7.55. The predicted molar refractivity (Wildman–Crippen MR) is 100 cm³/mol. The Morgan fingerprint density at radius 2 is 1.48 bits per heavy atom. The molecule has 4 N–H and O–H groups in total. The molecule has 0 radical (unpaired) electrons. The van der Waals surface area contributed by atoms with Crippen LogP contribution in [0.3, 0.4) is 0 Å². The van der Waals surface area contributed by atoms with Gasteiger partial charge in [-0.15, -0.1) is 11.3 Å². The van der Waals surface area contributed by atoms with Crippen LogP contribution in [0.1, 0.15) is 0 Å². The second-order valence-corrected chi connectivity index (χ2v) is 6.30. The number of nitrogens with zero attached hydrogens (tertiary/aromatic N) is 2. The van der Waals surface area contributed by atoms with E-state index in [1.165, 1.54) is 11.3 Å². The highest BCUT2D eigenvalue weighted by Crippen LogP contribution is 2.31. The van der Waals surface area contributed by atoms with E-state index in [4.69, 9.17) is 0 Å². The first kappa shape index (κ1) is 15.2. The lowest BCUT2D eigenvalue weighted by Gasteiger charge is -2.10. The van der Waals surface area contributed by atoms with Gasteiger partial charge >= 0.3 is 0 Å². The molecule has 4 aromatic rings. The average molecular weight is 350 g/mol. The van der Waals surface area contributed by atoms with Crippen LogP contribution in [0.2, 0.25) is 0 Å². The van der Waals surface area contributed by atoms with Gasteiger partial charge in [0.1, 0.15) is 11.5 Å². The van der Waals surface area contributed by atoms with E-state index in [1.807, 2.05) is 23.6 Å². The van der Waals surface area contributed by atoms with Gasteiger partial charge in [0.05, 0.1) is 10.2 Å². The number of fused-ring (bicyclic) bond motifs is 1. The minimum absolute atomic E-state index is 0.166. The molecule has 7 heteroatoms. The van der Waals surface area contributed by atoms with Crippen molar-refractivity contribution in [3.8, 4) is 11.5 Å². The zero-order chi connectivity index (χ0) is 17.2. The summed E-state index contributed by atoms with van der Waals surface area (Å²) in [5.41, 5.74) is 2.24. The van der Waals surface area contributed by atoms with E-state index in [1.54, 1.807) is 36.4 Å². The summed E-state index contributed by atoms with van der Waals surface area (Å²) in [6, 6.07) is 15.5. The fourth-order valence-corrected chi connectivity index (χ4v) is 3.21. The lowest BCUT2D eigenvalue weighted by Crippen LogP contribution is -2.01. The first-order chi connectivity index (χ1) is 12.2. The summed E-state index contributed by atoms with van der Waals surface area (Å²) >= 11 is 1.54. The fourth-order valence-electron chi connectivity index (χ4n) is 2.44. The molecule has 0 spiro atoms. The molecule has 2 heterocycles. The quantitative estimate of drug-likeness (QED) is 0.430. The van der Waals surface area contributed by atoms with E-state index >= 15 is 0 Å². The van der Waals surface area contributed by atoms with Crippen molar-refractivity contribution in [3.63, 3.8) is 0 Å². The van der Waals surface area contributed by atoms with Crippen molar-refractivity contribution < 1.29 is 10.2 Å². The fraction of sp³-hybridized carbons (Fsp3) is 0. The number of aromatic nitrogens is 2. The molecule has 0 aliphatic heterocycles. The number of thiophene rings is 1. The number of phenolic OH excluding ortho intramolecular Hbond substituents is 2. The summed E-state index contributed by atoms with van der Waals surface area (Å²) in [6.07, 6.45) is 0. The Morgan fingerprint density at radius 1 is 0.800 bits per heavy atom. The van der Waals surface area contributed by atoms with Crippen LogP contribution >= 0.6 is 11.3 Å². The molecule has 4 rings (SSSR count). The van der Waals surface area contributed by atoms with Crippen molar-refractivity contribution in [2.45, 2.75) is 0 Å². The highest BCUT2D eigenvalue weighted by molar-refractivity contribution is 7.17. The van der Waals surface area contributed by atoms with E-state index < -0.39 is 0 Å². The maximum Gasteiger partial charge on any atom is 0.229 e. The zero-order valence-electron chi connectivity index (χ0n) is 13.0. The molecule has 2 aromatic heterocycles. The predicted octanol–water partition coefficient (Wildman–Crippen LogP) is 4.59. The van der Waals surface area contributed by atoms with Crippen LogP contribution in [0.4, 0.5) is 23.1 Å². The molecule has 0 atom stereocenters. The summed E-state index contributed by atoms with van der Waals surface area (Å²) in [4.78, 5) is 9.03. The van der Waals surface area contributed by atoms with Gasteiger partial charge in [-0.1, -0.05) is 12.1 Å². The van der Waals surface area contributed by atoms with Gasteiger partial charge in [-0.3, -0.25) is 0 Å². The van der Waals surface area contributed by atoms with Crippen molar-refractivity contribution in [1.29, 1.82) is 0 Å². The standard InChI is InChI=1S/C18H14N4O2S/c23-13-5-1-3-11(9-13)19-17-16-15(7-8-25-16)21-18(22-17)20-12-4-2-6-14(24)10-12/h1-10,23-24H,(H2,19,20,21,22). The number of rotatable bonds is 4. The molecule has 0 aliphatic rings. The smallest absolute Gasteiger partial charge is 0.229 e. The maximum atomic E-state index is 9.63. The summed E-state index contributed by atoms with van der Waals surface area (Å²) < 4.78 is 0.921. The van der Waals surface area contributed by atoms with Gasteiger partial charge in [0.2, 0.25) is 5.95 Å². The first-order valence-corrected chi connectivity index (χ1v) is 8.43. The van der Waals surface area contributed by atoms with E-state index in [0.29, 0.717) is 17.5 Å². The second kappa shape index (κ2) is 6.29. The second-order valence-electron chi connectivity index (χ2n) is 5.38. The highest BCUT2D eigenvalue weighted by Gasteiger charge is 2.10. The molecule has 0 saturated carbocycles. The number of hydrogen-bond donors (Lipinski definition) is 4. The molecule has 25 heavy (non-hydrogen) atoms. The molecule has 6 nitrogen and oxygen atoms in total. The number of nitrogens with one attached hydrogen (secondary N) is 2. The van der Waals surface area contributed by atoms with Crippen molar-refractivity contribution >= 4 is 44.7 Å². The Hall–Kier alpha value is -3.32. The third-order valence-corrected chi connectivity index (χ3v) is 4.43. The molecule has 0 unspecified atom stereocenters. The van der Waals surface area contributed by atoms with E-state index in [9.17, 15) is 10.2 Å². The minimum atomic E-state index is 0.166. The van der Waals surface area contributed by atoms with Crippen LogP contribution in [0.5, 0.6) is 11.5 Å². The van der Waals surface area contributed by atoms with Crippen LogP contribution in [0, 0.1) is 0 Å². The molecular formula is C18H14N4O2S. The van der Waals surface area contributed by atoms with Crippen molar-refractivity contribution in [3.05, 3.63) is 60.0 Å². The van der Waals surface area contributed by atoms with E-state index in [-0.39, 0.29) is 11.5 Å². The van der Waals surface area contributed by atoms with Gasteiger partial charge in [0.15, 0.2) is 5.82 Å². The average Bonchev–Trinajstić information content (AvgIpc) is 3.04. The molecular weight excluding hydrogens is 336 g/mol. The van der Waals surface area contributed by atoms with Gasteiger partial charge in [0.25, 0.3) is 0 Å². The van der Waals surface area contributed by atoms with Gasteiger partial charge in [-0.25, -0.2) is 4.98 Å². The molecule has 124 valence electrons. The highest BCUT2D eigenvalue weighted by atomic mass is 32.1. The van der Waals surface area contributed by atoms with Crippen LogP contribution in [0.25, 0.3) is 10.2 Å². The van der Waals surface area contributed by atoms with Gasteiger partial charge in [0, 0.05) is 23.5 Å². The number of hydrogen-bond acceptors (Lipinski definition) is 7. The zero-order valence-corrected chi connectivity index (χ0v) is 13.8. The van der Waals surface area contributed by atoms with Crippen molar-refractivity contribution in [1.82, 2.24) is 9.97 Å². The summed E-state index contributed by atoms with van der Waals surface area (Å²) in [7, 11) is 0. The van der Waals surface area contributed by atoms with Crippen LogP contribution in [0.15, 0.2) is 60.0 Å². The van der Waals surface area contributed by atoms with Crippen LogP contribution < -0.4 is 10.6 Å². The third-order valence-electron chi connectivity index (χ3n) is 3.51. The number of benzene rings is 2. The van der Waals surface area contributed by atoms with Gasteiger partial charge < -0.3 is 20.8 Å². The summed E-state index contributed by atoms with van der Waals surface area (Å²) in [5, 5.41) is 27.5. The number of aromatic hydroxyl groups is 2. The Morgan fingerprint density at radius 3 is 2.16 bits per heavy atom. The number of phenols is 2. The Kier molecular flexibility index (Phi) is 3.83. The minimum Gasteiger partial charge on any atom is -0.508 e. The largest absolute Gasteiger partial charge is 0.508 e. The summed E-state index contributed by atoms with van der Waals surface area (Å²) in [5.74, 6) is 1.41. The maximum absolute atomic E-state index is 9.63. The molecule has 0 amide bonds. The molecule has 0 bridgehead atoms. The van der Waals surface area contributed by atoms with Crippen LogP contribution in [-0.4, -0.2) is 20.2 Å². The molecule has 2 aromatic carbocycles. The normalized spacial score (nSPS) is 10.7. The summed E-state index contributed by atoms with van der Waals surface area (Å²) in [6.45, 7) is 0. The topological polar surface area (TPSA) is 90.3 Å². The lowest BCUT2D eigenvalue weighted by atomic mass is 10.3.